The molecule has 0 radical (unpaired) electrons. The Bertz CT molecular complexity index is 757. The second-order valence-electron chi connectivity index (χ2n) is 4.74. The van der Waals surface area contributed by atoms with Crippen LogP contribution in [0.3, 0.4) is 0 Å². The summed E-state index contributed by atoms with van der Waals surface area (Å²) in [6, 6.07) is 9.13. The Labute approximate surface area is 142 Å². The minimum atomic E-state index is -0.0799. The van der Waals surface area contributed by atoms with Crippen LogP contribution in [0.25, 0.3) is 0 Å². The molecule has 0 spiro atoms. The van der Waals surface area contributed by atoms with Gasteiger partial charge in [-0.05, 0) is 29.8 Å². The van der Waals surface area contributed by atoms with Crippen LogP contribution in [0.2, 0.25) is 15.1 Å². The van der Waals surface area contributed by atoms with Gasteiger partial charge in [0.05, 0.1) is 11.6 Å². The number of hydrogen-bond donors (Lipinski definition) is 0. The Balaban J connectivity index is 2.03. The van der Waals surface area contributed by atoms with Crippen LogP contribution in [0, 0.1) is 0 Å². The number of pyridine rings is 1. The molecule has 0 fully saturated rings. The zero-order valence-electron chi connectivity index (χ0n) is 11.3. The van der Waals surface area contributed by atoms with Crippen LogP contribution in [0.1, 0.15) is 17.2 Å². The SMILES string of the molecule is Clc1ccc(C(Cn2cncn2)c2ccc(Cl)cc2Cl)nc1. The summed E-state index contributed by atoms with van der Waals surface area (Å²) in [6.07, 6.45) is 4.78. The van der Waals surface area contributed by atoms with Crippen molar-refractivity contribution >= 4 is 34.8 Å². The van der Waals surface area contributed by atoms with Crippen LogP contribution in [-0.4, -0.2) is 19.7 Å². The molecule has 1 unspecified atom stereocenters. The Morgan fingerprint density at radius 2 is 1.86 bits per heavy atom. The van der Waals surface area contributed by atoms with Crippen LogP contribution in [0.4, 0.5) is 0 Å². The van der Waals surface area contributed by atoms with Crippen molar-refractivity contribution in [3.63, 3.8) is 0 Å². The van der Waals surface area contributed by atoms with Gasteiger partial charge in [-0.1, -0.05) is 40.9 Å². The van der Waals surface area contributed by atoms with Gasteiger partial charge in [-0.2, -0.15) is 5.10 Å². The van der Waals surface area contributed by atoms with E-state index < -0.39 is 0 Å². The molecule has 1 atom stereocenters. The quantitative estimate of drug-likeness (QED) is 0.695. The third-order valence-electron chi connectivity index (χ3n) is 3.28. The molecule has 3 rings (SSSR count). The second kappa shape index (κ2) is 6.65. The van der Waals surface area contributed by atoms with Gasteiger partial charge < -0.3 is 0 Å². The van der Waals surface area contributed by atoms with E-state index in [0.717, 1.165) is 11.3 Å². The Morgan fingerprint density at radius 1 is 1.05 bits per heavy atom. The molecule has 0 amide bonds. The molecule has 0 aliphatic carbocycles. The van der Waals surface area contributed by atoms with Gasteiger partial charge in [0.25, 0.3) is 0 Å². The summed E-state index contributed by atoms with van der Waals surface area (Å²) in [4.78, 5) is 8.38. The Kier molecular flexibility index (Phi) is 4.62. The van der Waals surface area contributed by atoms with E-state index in [0.29, 0.717) is 21.6 Å². The molecular formula is C15H11Cl3N4. The summed E-state index contributed by atoms with van der Waals surface area (Å²) in [5, 5.41) is 5.93. The second-order valence-corrected chi connectivity index (χ2v) is 6.02. The Hall–Kier alpha value is -1.62. The van der Waals surface area contributed by atoms with Crippen molar-refractivity contribution < 1.29 is 0 Å². The molecule has 7 heteroatoms. The van der Waals surface area contributed by atoms with Crippen molar-refractivity contribution in [1.82, 2.24) is 19.7 Å². The molecule has 1 aromatic carbocycles. The van der Waals surface area contributed by atoms with E-state index in [-0.39, 0.29) is 5.92 Å². The van der Waals surface area contributed by atoms with Crippen molar-refractivity contribution in [2.24, 2.45) is 0 Å². The fraction of sp³-hybridized carbons (Fsp3) is 0.133. The first kappa shape index (κ1) is 15.3. The summed E-state index contributed by atoms with van der Waals surface area (Å²) in [5.41, 5.74) is 1.78. The van der Waals surface area contributed by atoms with E-state index in [1.54, 1.807) is 23.3 Å². The largest absolute Gasteiger partial charge is 0.259 e. The number of benzene rings is 1. The first-order valence-corrected chi connectivity index (χ1v) is 7.65. The van der Waals surface area contributed by atoms with Gasteiger partial charge in [0.1, 0.15) is 12.7 Å². The minimum Gasteiger partial charge on any atom is -0.259 e. The number of nitrogens with zero attached hydrogens (tertiary/aromatic N) is 4. The molecule has 112 valence electrons. The lowest BCUT2D eigenvalue weighted by atomic mass is 9.95. The summed E-state index contributed by atoms with van der Waals surface area (Å²) < 4.78 is 1.74. The molecule has 0 bridgehead atoms. The van der Waals surface area contributed by atoms with Gasteiger partial charge in [0.2, 0.25) is 0 Å². The van der Waals surface area contributed by atoms with Gasteiger partial charge >= 0.3 is 0 Å². The third kappa shape index (κ3) is 3.40. The molecule has 4 nitrogen and oxygen atoms in total. The monoisotopic (exact) mass is 352 g/mol. The summed E-state index contributed by atoms with van der Waals surface area (Å²) in [6.45, 7) is 0.565. The highest BCUT2D eigenvalue weighted by Gasteiger charge is 2.20. The third-order valence-corrected chi connectivity index (χ3v) is 4.07. The van der Waals surface area contributed by atoms with E-state index in [1.807, 2.05) is 24.3 Å². The Morgan fingerprint density at radius 3 is 2.50 bits per heavy atom. The maximum absolute atomic E-state index is 6.36. The van der Waals surface area contributed by atoms with Crippen molar-refractivity contribution in [2.75, 3.05) is 0 Å². The minimum absolute atomic E-state index is 0.0799. The maximum atomic E-state index is 6.36. The van der Waals surface area contributed by atoms with Crippen LogP contribution < -0.4 is 0 Å². The molecule has 0 aliphatic rings. The van der Waals surface area contributed by atoms with Crippen molar-refractivity contribution in [3.05, 3.63) is 75.5 Å². The zero-order valence-corrected chi connectivity index (χ0v) is 13.6. The first-order valence-electron chi connectivity index (χ1n) is 6.52. The van der Waals surface area contributed by atoms with E-state index in [9.17, 15) is 0 Å². The average Bonchev–Trinajstić information content (AvgIpc) is 2.99. The summed E-state index contributed by atoms with van der Waals surface area (Å²) in [5.74, 6) is -0.0799. The molecule has 2 aromatic heterocycles. The number of halogens is 3. The fourth-order valence-corrected chi connectivity index (χ4v) is 2.89. The van der Waals surface area contributed by atoms with Crippen molar-refractivity contribution in [2.45, 2.75) is 12.5 Å². The fourth-order valence-electron chi connectivity index (χ4n) is 2.24. The van der Waals surface area contributed by atoms with Gasteiger partial charge in [0.15, 0.2) is 0 Å². The smallest absolute Gasteiger partial charge is 0.137 e. The van der Waals surface area contributed by atoms with Gasteiger partial charge in [-0.3, -0.25) is 9.67 Å². The molecule has 2 heterocycles. The topological polar surface area (TPSA) is 43.6 Å². The van der Waals surface area contributed by atoms with Gasteiger partial charge in [-0.25, -0.2) is 4.98 Å². The van der Waals surface area contributed by atoms with E-state index >= 15 is 0 Å². The zero-order chi connectivity index (χ0) is 15.5. The lowest BCUT2D eigenvalue weighted by molar-refractivity contribution is 0.554. The molecule has 0 saturated carbocycles. The van der Waals surface area contributed by atoms with Crippen LogP contribution >= 0.6 is 34.8 Å². The van der Waals surface area contributed by atoms with E-state index in [1.165, 1.54) is 6.33 Å². The lowest BCUT2D eigenvalue weighted by Crippen LogP contribution is -2.13. The first-order chi connectivity index (χ1) is 10.6. The van der Waals surface area contributed by atoms with E-state index in [2.05, 4.69) is 15.1 Å². The summed E-state index contributed by atoms with van der Waals surface area (Å²) in [7, 11) is 0. The molecule has 0 aliphatic heterocycles. The van der Waals surface area contributed by atoms with E-state index in [4.69, 9.17) is 34.8 Å². The molecule has 22 heavy (non-hydrogen) atoms. The molecule has 0 N–H and O–H groups in total. The molecular weight excluding hydrogens is 343 g/mol. The highest BCUT2D eigenvalue weighted by molar-refractivity contribution is 6.35. The van der Waals surface area contributed by atoms with Gasteiger partial charge in [0, 0.05) is 27.9 Å². The molecule has 0 saturated heterocycles. The molecule has 3 aromatic rings. The lowest BCUT2D eigenvalue weighted by Gasteiger charge is -2.18. The summed E-state index contributed by atoms with van der Waals surface area (Å²) >= 11 is 18.3. The van der Waals surface area contributed by atoms with Crippen molar-refractivity contribution in [1.29, 1.82) is 0 Å². The predicted molar refractivity (Wildman–Crippen MR) is 87.6 cm³/mol. The normalized spacial score (nSPS) is 12.3. The van der Waals surface area contributed by atoms with Crippen molar-refractivity contribution in [3.8, 4) is 0 Å². The average molecular weight is 354 g/mol. The number of rotatable bonds is 4. The van der Waals surface area contributed by atoms with Crippen LogP contribution in [0.5, 0.6) is 0 Å². The predicted octanol–water partition coefficient (Wildman–Crippen LogP) is 4.47. The maximum Gasteiger partial charge on any atom is 0.137 e. The van der Waals surface area contributed by atoms with Crippen LogP contribution in [0.15, 0.2) is 49.2 Å². The highest BCUT2D eigenvalue weighted by Crippen LogP contribution is 2.32. The number of aromatic nitrogens is 4. The van der Waals surface area contributed by atoms with Crippen LogP contribution in [-0.2, 0) is 6.54 Å². The standard InChI is InChI=1S/C15H11Cl3N4/c16-10-1-3-12(14(18)5-10)13(7-22-9-19-8-21-22)15-4-2-11(17)6-20-15/h1-6,8-9,13H,7H2. The van der Waals surface area contributed by atoms with Gasteiger partial charge in [-0.15, -0.1) is 0 Å². The number of hydrogen-bond acceptors (Lipinski definition) is 3. The highest BCUT2D eigenvalue weighted by atomic mass is 35.5.